The molecule has 0 rings (SSSR count). The Morgan fingerprint density at radius 1 is 0.364 bits per heavy atom. The molecule has 4 nitrogen and oxygen atoms in total. The molecule has 0 radical (unpaired) electrons. The van der Waals surface area contributed by atoms with Crippen LogP contribution in [0.25, 0.3) is 0 Å². The number of hydrogen-bond acceptors (Lipinski definition) is 3. The van der Waals surface area contributed by atoms with Gasteiger partial charge in [-0.3, -0.25) is 4.79 Å². The van der Waals surface area contributed by atoms with Gasteiger partial charge in [0.15, 0.2) is 0 Å². The highest BCUT2D eigenvalue weighted by atomic mass is 16.3. The van der Waals surface area contributed by atoms with E-state index in [1.807, 2.05) is 0 Å². The van der Waals surface area contributed by atoms with Crippen LogP contribution in [0.15, 0.2) is 24.3 Å². The van der Waals surface area contributed by atoms with Gasteiger partial charge in [0.05, 0.1) is 18.8 Å². The van der Waals surface area contributed by atoms with Crippen LogP contribution in [0.3, 0.4) is 0 Å². The standard InChI is InChI=1S/C62H121NO3/c1-3-5-7-9-11-13-15-17-19-21-23-25-27-29-30-31-32-34-35-37-39-41-43-45-47-49-51-53-55-57-61(65)60(59-64)63-62(66)58-56-54-52-50-48-46-44-42-40-38-36-33-28-26-24-22-20-18-16-14-12-10-8-6-4-2/h16,18,22,24,60-61,64-65H,3-15,17,19-21,23,25-59H2,1-2H3,(H,63,66)/b18-16-,24-22-. The van der Waals surface area contributed by atoms with Crippen molar-refractivity contribution in [2.75, 3.05) is 6.61 Å². The zero-order valence-corrected chi connectivity index (χ0v) is 45.2. The van der Waals surface area contributed by atoms with E-state index in [-0.39, 0.29) is 12.5 Å². The quantitative estimate of drug-likeness (QED) is 0.0420. The topological polar surface area (TPSA) is 69.6 Å². The summed E-state index contributed by atoms with van der Waals surface area (Å²) in [5.41, 5.74) is 0. The molecule has 0 aliphatic rings. The third-order valence-electron chi connectivity index (χ3n) is 14.5. The predicted octanol–water partition coefficient (Wildman–Crippen LogP) is 20.3. The molecule has 0 aliphatic heterocycles. The van der Waals surface area contributed by atoms with Crippen molar-refractivity contribution in [3.8, 4) is 0 Å². The molecule has 1 amide bonds. The lowest BCUT2D eigenvalue weighted by molar-refractivity contribution is -0.123. The number of carbonyl (C=O) groups excluding carboxylic acids is 1. The van der Waals surface area contributed by atoms with E-state index in [9.17, 15) is 15.0 Å². The van der Waals surface area contributed by atoms with Gasteiger partial charge >= 0.3 is 0 Å². The normalized spacial score (nSPS) is 12.8. The van der Waals surface area contributed by atoms with E-state index in [1.54, 1.807) is 0 Å². The summed E-state index contributed by atoms with van der Waals surface area (Å²) in [5, 5.41) is 23.4. The minimum Gasteiger partial charge on any atom is -0.394 e. The zero-order valence-electron chi connectivity index (χ0n) is 45.2. The SMILES string of the molecule is CCCCCCC/C=C\C/C=C\CCCCCCCCCCCCCCCC(=O)NC(CO)C(O)CCCCCCCCCCCCCCCCCCCCCCCCCCCCCCC. The van der Waals surface area contributed by atoms with Crippen LogP contribution in [-0.4, -0.2) is 34.9 Å². The number of hydrogen-bond donors (Lipinski definition) is 3. The van der Waals surface area contributed by atoms with Crippen LogP contribution in [0.1, 0.15) is 348 Å². The van der Waals surface area contributed by atoms with Crippen LogP contribution in [0.4, 0.5) is 0 Å². The zero-order chi connectivity index (χ0) is 47.7. The lowest BCUT2D eigenvalue weighted by atomic mass is 10.0. The second-order valence-electron chi connectivity index (χ2n) is 21.1. The Morgan fingerprint density at radius 2 is 0.621 bits per heavy atom. The molecule has 0 bridgehead atoms. The highest BCUT2D eigenvalue weighted by molar-refractivity contribution is 5.76. The van der Waals surface area contributed by atoms with Crippen molar-refractivity contribution in [1.82, 2.24) is 5.32 Å². The second-order valence-corrected chi connectivity index (χ2v) is 21.1. The van der Waals surface area contributed by atoms with Crippen LogP contribution in [0.5, 0.6) is 0 Å². The summed E-state index contributed by atoms with van der Waals surface area (Å²) >= 11 is 0. The highest BCUT2D eigenvalue weighted by Crippen LogP contribution is 2.18. The van der Waals surface area contributed by atoms with Crippen molar-refractivity contribution in [1.29, 1.82) is 0 Å². The Bertz CT molecular complexity index is 963. The van der Waals surface area contributed by atoms with E-state index in [0.29, 0.717) is 12.8 Å². The van der Waals surface area contributed by atoms with Crippen molar-refractivity contribution in [2.24, 2.45) is 0 Å². The Balaban J connectivity index is 3.41. The van der Waals surface area contributed by atoms with Crippen LogP contribution in [-0.2, 0) is 4.79 Å². The summed E-state index contributed by atoms with van der Waals surface area (Å²) < 4.78 is 0. The molecule has 0 aromatic rings. The summed E-state index contributed by atoms with van der Waals surface area (Å²) in [6.45, 7) is 4.39. The molecule has 3 N–H and O–H groups in total. The summed E-state index contributed by atoms with van der Waals surface area (Å²) in [5.74, 6) is -0.0262. The van der Waals surface area contributed by atoms with Gasteiger partial charge in [-0.2, -0.15) is 0 Å². The monoisotopic (exact) mass is 928 g/mol. The molecule has 66 heavy (non-hydrogen) atoms. The molecule has 0 aliphatic carbocycles. The number of allylic oxidation sites excluding steroid dienone is 4. The highest BCUT2D eigenvalue weighted by Gasteiger charge is 2.20. The molecular formula is C62H121NO3. The maximum absolute atomic E-state index is 12.5. The Labute approximate surface area is 415 Å². The van der Waals surface area contributed by atoms with E-state index >= 15 is 0 Å². The van der Waals surface area contributed by atoms with Gasteiger partial charge in [-0.1, -0.05) is 321 Å². The summed E-state index contributed by atoms with van der Waals surface area (Å²) in [6.07, 6.45) is 77.6. The average Bonchev–Trinajstić information content (AvgIpc) is 3.32. The van der Waals surface area contributed by atoms with Crippen LogP contribution in [0, 0.1) is 0 Å². The fourth-order valence-corrected chi connectivity index (χ4v) is 9.81. The third-order valence-corrected chi connectivity index (χ3v) is 14.5. The molecule has 0 spiro atoms. The number of amides is 1. The van der Waals surface area contributed by atoms with E-state index in [0.717, 1.165) is 32.1 Å². The van der Waals surface area contributed by atoms with Crippen molar-refractivity contribution in [3.05, 3.63) is 24.3 Å². The first-order valence-corrected chi connectivity index (χ1v) is 30.5. The summed E-state index contributed by atoms with van der Waals surface area (Å²) in [6, 6.07) is -0.537. The third kappa shape index (κ3) is 53.8. The first kappa shape index (κ1) is 64.9. The number of unbranched alkanes of at least 4 members (excludes halogenated alkanes) is 46. The van der Waals surface area contributed by atoms with Crippen molar-refractivity contribution in [3.63, 3.8) is 0 Å². The second kappa shape index (κ2) is 58.2. The molecular weight excluding hydrogens is 807 g/mol. The van der Waals surface area contributed by atoms with E-state index in [4.69, 9.17) is 0 Å². The Kier molecular flexibility index (Phi) is 57.2. The first-order valence-electron chi connectivity index (χ1n) is 30.5. The van der Waals surface area contributed by atoms with Crippen LogP contribution < -0.4 is 5.32 Å². The largest absolute Gasteiger partial charge is 0.394 e. The molecule has 0 heterocycles. The molecule has 2 unspecified atom stereocenters. The smallest absolute Gasteiger partial charge is 0.220 e. The molecule has 2 atom stereocenters. The van der Waals surface area contributed by atoms with E-state index in [1.165, 1.54) is 289 Å². The molecule has 0 saturated carbocycles. The van der Waals surface area contributed by atoms with Gasteiger partial charge < -0.3 is 15.5 Å². The van der Waals surface area contributed by atoms with Gasteiger partial charge in [0.1, 0.15) is 0 Å². The minimum atomic E-state index is -0.660. The van der Waals surface area contributed by atoms with Gasteiger partial charge in [0.25, 0.3) is 0 Å². The van der Waals surface area contributed by atoms with Gasteiger partial charge in [-0.25, -0.2) is 0 Å². The lowest BCUT2D eigenvalue weighted by Gasteiger charge is -2.22. The fraction of sp³-hybridized carbons (Fsp3) is 0.919. The van der Waals surface area contributed by atoms with Crippen LogP contribution in [0.2, 0.25) is 0 Å². The van der Waals surface area contributed by atoms with Gasteiger partial charge in [0.2, 0.25) is 5.91 Å². The van der Waals surface area contributed by atoms with E-state index in [2.05, 4.69) is 43.5 Å². The molecule has 4 heteroatoms. The molecule has 0 aromatic heterocycles. The summed E-state index contributed by atoms with van der Waals surface area (Å²) in [7, 11) is 0. The van der Waals surface area contributed by atoms with Gasteiger partial charge in [-0.05, 0) is 44.9 Å². The summed E-state index contributed by atoms with van der Waals surface area (Å²) in [4.78, 5) is 12.5. The number of nitrogens with one attached hydrogen (secondary N) is 1. The average molecular weight is 929 g/mol. The maximum Gasteiger partial charge on any atom is 0.220 e. The molecule has 392 valence electrons. The van der Waals surface area contributed by atoms with Crippen molar-refractivity contribution in [2.45, 2.75) is 360 Å². The lowest BCUT2D eigenvalue weighted by Crippen LogP contribution is -2.45. The van der Waals surface area contributed by atoms with Crippen molar-refractivity contribution < 1.29 is 15.0 Å². The maximum atomic E-state index is 12.5. The number of aliphatic hydroxyl groups is 2. The van der Waals surface area contributed by atoms with Gasteiger partial charge in [-0.15, -0.1) is 0 Å². The Morgan fingerprint density at radius 3 is 0.909 bits per heavy atom. The minimum absolute atomic E-state index is 0.0262. The number of carbonyl (C=O) groups is 1. The molecule has 0 fully saturated rings. The molecule has 0 aromatic carbocycles. The van der Waals surface area contributed by atoms with Gasteiger partial charge in [0, 0.05) is 6.42 Å². The number of rotatable bonds is 57. The van der Waals surface area contributed by atoms with E-state index < -0.39 is 12.1 Å². The first-order chi connectivity index (χ1) is 32.7. The van der Waals surface area contributed by atoms with Crippen LogP contribution >= 0.6 is 0 Å². The number of aliphatic hydroxyl groups excluding tert-OH is 2. The Hall–Kier alpha value is -1.13. The fourth-order valence-electron chi connectivity index (χ4n) is 9.81. The predicted molar refractivity (Wildman–Crippen MR) is 295 cm³/mol. The van der Waals surface area contributed by atoms with Crippen molar-refractivity contribution >= 4 is 5.91 Å². The molecule has 0 saturated heterocycles.